The molecule has 1 aliphatic heterocycles. The molecule has 0 bridgehead atoms. The van der Waals surface area contributed by atoms with Gasteiger partial charge in [-0.05, 0) is 54.6 Å². The molecule has 7 heteroatoms. The number of ether oxygens (including phenoxy) is 1. The summed E-state index contributed by atoms with van der Waals surface area (Å²) >= 11 is 0.909. The lowest BCUT2D eigenvalue weighted by Gasteiger charge is -2.21. The molecule has 3 rings (SSSR count). The standard InChI is InChI=1S/C19H19N3O3S/c1-2-22(17-5-3-4-10-20-17)11-12-25-15-8-6-14(7-9-15)13-16-18(23)21-19(24)26-16/h3-10,13H,2,11-12H2,1H3,(H,21,23,24)/b16-13-. The molecule has 2 amide bonds. The zero-order valence-corrected chi connectivity index (χ0v) is 15.2. The van der Waals surface area contributed by atoms with Crippen LogP contribution in [-0.4, -0.2) is 35.8 Å². The summed E-state index contributed by atoms with van der Waals surface area (Å²) in [6, 6.07) is 13.3. The quantitative estimate of drug-likeness (QED) is 0.755. The maximum absolute atomic E-state index is 11.6. The summed E-state index contributed by atoms with van der Waals surface area (Å²) in [5, 5.41) is 1.90. The van der Waals surface area contributed by atoms with Crippen LogP contribution >= 0.6 is 11.8 Å². The van der Waals surface area contributed by atoms with Crippen LogP contribution in [0.25, 0.3) is 6.08 Å². The third-order valence-electron chi connectivity index (χ3n) is 3.80. The number of imide groups is 1. The molecule has 1 aliphatic rings. The van der Waals surface area contributed by atoms with E-state index in [4.69, 9.17) is 4.74 Å². The predicted octanol–water partition coefficient (Wildman–Crippen LogP) is 3.31. The van der Waals surface area contributed by atoms with Gasteiger partial charge in [0.2, 0.25) is 0 Å². The Balaban J connectivity index is 1.54. The molecule has 0 unspecified atom stereocenters. The zero-order chi connectivity index (χ0) is 18.4. The fourth-order valence-corrected chi connectivity index (χ4v) is 3.16. The van der Waals surface area contributed by atoms with Crippen molar-refractivity contribution in [3.63, 3.8) is 0 Å². The first kappa shape index (κ1) is 18.0. The Hall–Kier alpha value is -2.80. The van der Waals surface area contributed by atoms with Crippen molar-refractivity contribution in [2.45, 2.75) is 6.92 Å². The van der Waals surface area contributed by atoms with Crippen molar-refractivity contribution < 1.29 is 14.3 Å². The molecule has 6 nitrogen and oxygen atoms in total. The van der Waals surface area contributed by atoms with Crippen LogP contribution in [0.2, 0.25) is 0 Å². The van der Waals surface area contributed by atoms with Crippen LogP contribution in [0.1, 0.15) is 12.5 Å². The third kappa shape index (κ3) is 4.64. The molecule has 134 valence electrons. The summed E-state index contributed by atoms with van der Waals surface area (Å²) in [7, 11) is 0. The second-order valence-electron chi connectivity index (χ2n) is 5.54. The Bertz CT molecular complexity index is 807. The van der Waals surface area contributed by atoms with Crippen LogP contribution in [0, 0.1) is 0 Å². The Kier molecular flexibility index (Phi) is 5.91. The Morgan fingerprint density at radius 3 is 2.62 bits per heavy atom. The van der Waals surface area contributed by atoms with E-state index < -0.39 is 0 Å². The fraction of sp³-hybridized carbons (Fsp3) is 0.211. The second kappa shape index (κ2) is 8.53. The number of carbonyl (C=O) groups is 2. The van der Waals surface area contributed by atoms with Gasteiger partial charge in [0.05, 0.1) is 11.4 Å². The summed E-state index contributed by atoms with van der Waals surface area (Å²) in [5.41, 5.74) is 0.841. The number of benzene rings is 1. The molecule has 1 N–H and O–H groups in total. The van der Waals surface area contributed by atoms with Crippen LogP contribution in [0.5, 0.6) is 5.75 Å². The molecule has 2 heterocycles. The molecule has 0 radical (unpaired) electrons. The Morgan fingerprint density at radius 1 is 1.19 bits per heavy atom. The minimum absolute atomic E-state index is 0.338. The van der Waals surface area contributed by atoms with E-state index in [9.17, 15) is 9.59 Å². The lowest BCUT2D eigenvalue weighted by Crippen LogP contribution is -2.28. The number of carbonyl (C=O) groups excluding carboxylic acids is 2. The van der Waals surface area contributed by atoms with Crippen molar-refractivity contribution in [2.24, 2.45) is 0 Å². The second-order valence-corrected chi connectivity index (χ2v) is 6.55. The van der Waals surface area contributed by atoms with Crippen molar-refractivity contribution >= 4 is 34.8 Å². The highest BCUT2D eigenvalue weighted by atomic mass is 32.2. The summed E-state index contributed by atoms with van der Waals surface area (Å²) in [6.45, 7) is 4.21. The number of rotatable bonds is 7. The minimum Gasteiger partial charge on any atom is -0.492 e. The molecule has 1 aromatic carbocycles. The van der Waals surface area contributed by atoms with Crippen molar-refractivity contribution in [3.05, 3.63) is 59.1 Å². The zero-order valence-electron chi connectivity index (χ0n) is 14.3. The van der Waals surface area contributed by atoms with Gasteiger partial charge in [0.15, 0.2) is 0 Å². The van der Waals surface area contributed by atoms with Gasteiger partial charge in [-0.1, -0.05) is 18.2 Å². The van der Waals surface area contributed by atoms with Gasteiger partial charge in [0.25, 0.3) is 11.1 Å². The van der Waals surface area contributed by atoms with Gasteiger partial charge in [-0.15, -0.1) is 0 Å². The molecule has 0 saturated carbocycles. The van der Waals surface area contributed by atoms with Gasteiger partial charge >= 0.3 is 0 Å². The van der Waals surface area contributed by atoms with E-state index in [1.807, 2.05) is 42.5 Å². The topological polar surface area (TPSA) is 71.5 Å². The highest BCUT2D eigenvalue weighted by Gasteiger charge is 2.24. The van der Waals surface area contributed by atoms with Gasteiger partial charge in [0, 0.05) is 12.7 Å². The molecule has 26 heavy (non-hydrogen) atoms. The van der Waals surface area contributed by atoms with Crippen molar-refractivity contribution in [1.82, 2.24) is 10.3 Å². The number of likely N-dealkylation sites (N-methyl/N-ethyl adjacent to an activating group) is 1. The first-order valence-electron chi connectivity index (χ1n) is 8.29. The summed E-state index contributed by atoms with van der Waals surface area (Å²) in [6.07, 6.45) is 3.47. The van der Waals surface area contributed by atoms with E-state index in [-0.39, 0.29) is 11.1 Å². The van der Waals surface area contributed by atoms with E-state index in [2.05, 4.69) is 22.1 Å². The smallest absolute Gasteiger partial charge is 0.290 e. The van der Waals surface area contributed by atoms with Gasteiger partial charge in [0.1, 0.15) is 18.2 Å². The molecule has 1 aromatic heterocycles. The fourth-order valence-electron chi connectivity index (χ4n) is 2.48. The maximum Gasteiger partial charge on any atom is 0.290 e. The average Bonchev–Trinajstić information content (AvgIpc) is 2.98. The SMILES string of the molecule is CCN(CCOc1ccc(/C=C2\SC(=O)NC2=O)cc1)c1ccccn1. The van der Waals surface area contributed by atoms with Gasteiger partial charge in [-0.2, -0.15) is 0 Å². The number of thioether (sulfide) groups is 1. The normalized spacial score (nSPS) is 15.2. The van der Waals surface area contributed by atoms with E-state index in [1.54, 1.807) is 12.3 Å². The van der Waals surface area contributed by atoms with Crippen LogP contribution in [0.3, 0.4) is 0 Å². The van der Waals surface area contributed by atoms with E-state index in [0.29, 0.717) is 11.5 Å². The van der Waals surface area contributed by atoms with Crippen LogP contribution in [0.15, 0.2) is 53.6 Å². The Morgan fingerprint density at radius 2 is 2.00 bits per heavy atom. The molecule has 2 aromatic rings. The molecular formula is C19H19N3O3S. The molecule has 1 saturated heterocycles. The van der Waals surface area contributed by atoms with Crippen LogP contribution in [-0.2, 0) is 4.79 Å². The summed E-state index contributed by atoms with van der Waals surface area (Å²) < 4.78 is 5.79. The molecule has 0 aliphatic carbocycles. The van der Waals surface area contributed by atoms with Gasteiger partial charge < -0.3 is 9.64 Å². The number of aromatic nitrogens is 1. The summed E-state index contributed by atoms with van der Waals surface area (Å²) in [4.78, 5) is 29.6. The highest BCUT2D eigenvalue weighted by molar-refractivity contribution is 8.18. The first-order chi connectivity index (χ1) is 12.7. The number of pyridine rings is 1. The third-order valence-corrected chi connectivity index (χ3v) is 4.62. The molecule has 0 atom stereocenters. The van der Waals surface area contributed by atoms with Gasteiger partial charge in [-0.3, -0.25) is 14.9 Å². The molecular weight excluding hydrogens is 350 g/mol. The van der Waals surface area contributed by atoms with Crippen LogP contribution in [0.4, 0.5) is 10.6 Å². The van der Waals surface area contributed by atoms with Crippen LogP contribution < -0.4 is 15.0 Å². The van der Waals surface area contributed by atoms with Crippen molar-refractivity contribution in [1.29, 1.82) is 0 Å². The predicted molar refractivity (Wildman–Crippen MR) is 103 cm³/mol. The summed E-state index contributed by atoms with van der Waals surface area (Å²) in [5.74, 6) is 1.33. The average molecular weight is 369 g/mol. The number of nitrogens with zero attached hydrogens (tertiary/aromatic N) is 2. The van der Waals surface area contributed by atoms with Crippen molar-refractivity contribution in [2.75, 3.05) is 24.6 Å². The highest BCUT2D eigenvalue weighted by Crippen LogP contribution is 2.26. The molecule has 0 spiro atoms. The maximum atomic E-state index is 11.6. The number of nitrogens with one attached hydrogen (secondary N) is 1. The monoisotopic (exact) mass is 369 g/mol. The number of anilines is 1. The van der Waals surface area contributed by atoms with Gasteiger partial charge in [-0.25, -0.2) is 4.98 Å². The number of amides is 2. The first-order valence-corrected chi connectivity index (χ1v) is 9.11. The molecule has 1 fully saturated rings. The van der Waals surface area contributed by atoms with E-state index >= 15 is 0 Å². The lowest BCUT2D eigenvalue weighted by atomic mass is 10.2. The number of hydrogen-bond acceptors (Lipinski definition) is 6. The Labute approximate surface area is 156 Å². The van der Waals surface area contributed by atoms with E-state index in [0.717, 1.165) is 42.0 Å². The minimum atomic E-state index is -0.352. The van der Waals surface area contributed by atoms with E-state index in [1.165, 1.54) is 0 Å². The van der Waals surface area contributed by atoms with Crippen molar-refractivity contribution in [3.8, 4) is 5.75 Å². The largest absolute Gasteiger partial charge is 0.492 e. The number of hydrogen-bond donors (Lipinski definition) is 1. The lowest BCUT2D eigenvalue weighted by molar-refractivity contribution is -0.115.